The number of nitrogens with zero attached hydrogens (tertiary/aromatic N) is 4. The molecule has 0 radical (unpaired) electrons. The van der Waals surface area contributed by atoms with Crippen molar-refractivity contribution in [2.24, 2.45) is 0 Å². The van der Waals surface area contributed by atoms with Crippen LogP contribution in [0.2, 0.25) is 0 Å². The van der Waals surface area contributed by atoms with Crippen molar-refractivity contribution in [2.75, 3.05) is 30.4 Å². The molecule has 0 atom stereocenters. The lowest BCUT2D eigenvalue weighted by Gasteiger charge is -2.19. The Morgan fingerprint density at radius 1 is 1.20 bits per heavy atom. The predicted molar refractivity (Wildman–Crippen MR) is 82.1 cm³/mol. The molecule has 0 aromatic carbocycles. The molecule has 5 nitrogen and oxygen atoms in total. The molecule has 0 aliphatic rings. The van der Waals surface area contributed by atoms with Gasteiger partial charge in [0.25, 0.3) is 0 Å². The summed E-state index contributed by atoms with van der Waals surface area (Å²) in [6, 6.07) is 6.08. The summed E-state index contributed by atoms with van der Waals surface area (Å²) in [6.07, 6.45) is 4.62. The van der Waals surface area contributed by atoms with Gasteiger partial charge in [0.05, 0.1) is 0 Å². The Morgan fingerprint density at radius 3 is 2.65 bits per heavy atom. The minimum Gasteiger partial charge on any atom is -0.370 e. The number of aryl methyl sites for hydroxylation is 1. The number of likely N-dealkylation sites (N-methyl/N-ethyl adjacent to an activating group) is 1. The second-order valence-corrected chi connectivity index (χ2v) is 4.72. The van der Waals surface area contributed by atoms with Crippen molar-refractivity contribution in [3.8, 4) is 0 Å². The van der Waals surface area contributed by atoms with Crippen LogP contribution in [0.1, 0.15) is 18.3 Å². The van der Waals surface area contributed by atoms with E-state index in [1.165, 1.54) is 5.56 Å². The van der Waals surface area contributed by atoms with Crippen molar-refractivity contribution in [3.05, 3.63) is 42.0 Å². The largest absolute Gasteiger partial charge is 0.370 e. The van der Waals surface area contributed by atoms with Crippen LogP contribution in [0, 0.1) is 6.92 Å². The zero-order valence-electron chi connectivity index (χ0n) is 12.3. The molecule has 0 unspecified atom stereocenters. The highest BCUT2D eigenvalue weighted by molar-refractivity contribution is 5.49. The molecule has 5 heteroatoms. The molecule has 0 aliphatic heterocycles. The van der Waals surface area contributed by atoms with Crippen LogP contribution >= 0.6 is 0 Å². The van der Waals surface area contributed by atoms with Gasteiger partial charge >= 0.3 is 0 Å². The van der Waals surface area contributed by atoms with E-state index >= 15 is 0 Å². The fourth-order valence-corrected chi connectivity index (χ4v) is 1.98. The van der Waals surface area contributed by atoms with E-state index in [1.807, 2.05) is 37.5 Å². The molecule has 0 bridgehead atoms. The van der Waals surface area contributed by atoms with Crippen LogP contribution in [0.3, 0.4) is 0 Å². The molecule has 106 valence electrons. The average Bonchev–Trinajstić information content (AvgIpc) is 2.45. The highest BCUT2D eigenvalue weighted by Gasteiger charge is 2.06. The summed E-state index contributed by atoms with van der Waals surface area (Å²) in [5.74, 6) is 2.61. The molecular formula is C15H21N5. The monoisotopic (exact) mass is 271 g/mol. The Balaban J connectivity index is 2.03. The van der Waals surface area contributed by atoms with Gasteiger partial charge in [0.1, 0.15) is 17.5 Å². The Bertz CT molecular complexity index is 541. The van der Waals surface area contributed by atoms with Crippen LogP contribution in [0.5, 0.6) is 0 Å². The van der Waals surface area contributed by atoms with E-state index in [1.54, 1.807) is 0 Å². The summed E-state index contributed by atoms with van der Waals surface area (Å²) < 4.78 is 0. The number of rotatable bonds is 6. The van der Waals surface area contributed by atoms with Gasteiger partial charge in [-0.15, -0.1) is 0 Å². The number of nitrogens with one attached hydrogen (secondary N) is 1. The lowest BCUT2D eigenvalue weighted by molar-refractivity contribution is 0.847. The summed E-state index contributed by atoms with van der Waals surface area (Å²) in [5, 5.41) is 3.23. The van der Waals surface area contributed by atoms with Gasteiger partial charge in [-0.05, 0) is 38.0 Å². The molecule has 0 saturated heterocycles. The summed E-state index contributed by atoms with van der Waals surface area (Å²) in [5.41, 5.74) is 1.28. The lowest BCUT2D eigenvalue weighted by Crippen LogP contribution is -2.22. The van der Waals surface area contributed by atoms with Gasteiger partial charge in [0, 0.05) is 38.6 Å². The van der Waals surface area contributed by atoms with Crippen molar-refractivity contribution < 1.29 is 0 Å². The van der Waals surface area contributed by atoms with Crippen LogP contribution in [0.4, 0.5) is 11.6 Å². The molecule has 1 N–H and O–H groups in total. The van der Waals surface area contributed by atoms with E-state index in [0.717, 1.165) is 37.0 Å². The maximum absolute atomic E-state index is 4.49. The highest BCUT2D eigenvalue weighted by Crippen LogP contribution is 2.15. The molecule has 2 heterocycles. The second-order valence-electron chi connectivity index (χ2n) is 4.72. The average molecular weight is 271 g/mol. The lowest BCUT2D eigenvalue weighted by atomic mass is 10.2. The molecule has 20 heavy (non-hydrogen) atoms. The fourth-order valence-electron chi connectivity index (χ4n) is 1.98. The van der Waals surface area contributed by atoms with Crippen molar-refractivity contribution in [2.45, 2.75) is 20.3 Å². The molecular weight excluding hydrogens is 250 g/mol. The molecule has 0 fully saturated rings. The van der Waals surface area contributed by atoms with E-state index < -0.39 is 0 Å². The summed E-state index contributed by atoms with van der Waals surface area (Å²) in [7, 11) is 2.05. The SMILES string of the molecule is CCNc1cc(N(C)CCc2ccncc2)nc(C)n1. The van der Waals surface area contributed by atoms with Gasteiger partial charge in [-0.1, -0.05) is 0 Å². The van der Waals surface area contributed by atoms with Gasteiger partial charge in [0.15, 0.2) is 0 Å². The van der Waals surface area contributed by atoms with E-state index in [-0.39, 0.29) is 0 Å². The number of pyridine rings is 1. The smallest absolute Gasteiger partial charge is 0.134 e. The van der Waals surface area contributed by atoms with Crippen LogP contribution in [-0.2, 0) is 6.42 Å². The number of hydrogen-bond acceptors (Lipinski definition) is 5. The van der Waals surface area contributed by atoms with Crippen molar-refractivity contribution in [1.29, 1.82) is 0 Å². The fraction of sp³-hybridized carbons (Fsp3) is 0.400. The van der Waals surface area contributed by atoms with Gasteiger partial charge < -0.3 is 10.2 Å². The third-order valence-corrected chi connectivity index (χ3v) is 3.06. The van der Waals surface area contributed by atoms with Gasteiger partial charge in [0.2, 0.25) is 0 Å². The topological polar surface area (TPSA) is 53.9 Å². The van der Waals surface area contributed by atoms with Crippen molar-refractivity contribution in [1.82, 2.24) is 15.0 Å². The van der Waals surface area contributed by atoms with Crippen LogP contribution in [-0.4, -0.2) is 35.1 Å². The Labute approximate surface area is 120 Å². The zero-order valence-corrected chi connectivity index (χ0v) is 12.3. The zero-order chi connectivity index (χ0) is 14.4. The van der Waals surface area contributed by atoms with E-state index in [0.29, 0.717) is 0 Å². The molecule has 0 aliphatic carbocycles. The van der Waals surface area contributed by atoms with E-state index in [2.05, 4.69) is 39.1 Å². The van der Waals surface area contributed by atoms with Gasteiger partial charge in [-0.25, -0.2) is 9.97 Å². The highest BCUT2D eigenvalue weighted by atomic mass is 15.2. The molecule has 2 aromatic rings. The summed E-state index contributed by atoms with van der Waals surface area (Å²) in [6.45, 7) is 5.74. The predicted octanol–water partition coefficient (Wildman–Crippen LogP) is 2.29. The molecule has 2 rings (SSSR count). The van der Waals surface area contributed by atoms with Crippen LogP contribution in [0.25, 0.3) is 0 Å². The molecule has 2 aromatic heterocycles. The third-order valence-electron chi connectivity index (χ3n) is 3.06. The third kappa shape index (κ3) is 3.91. The first-order valence-corrected chi connectivity index (χ1v) is 6.88. The Kier molecular flexibility index (Phi) is 4.87. The van der Waals surface area contributed by atoms with E-state index in [9.17, 15) is 0 Å². The summed E-state index contributed by atoms with van der Waals surface area (Å²) >= 11 is 0. The van der Waals surface area contributed by atoms with Gasteiger partial charge in [-0.3, -0.25) is 4.98 Å². The maximum Gasteiger partial charge on any atom is 0.134 e. The number of aromatic nitrogens is 3. The standard InChI is InChI=1S/C15H21N5/c1-4-17-14-11-15(19-12(2)18-14)20(3)10-7-13-5-8-16-9-6-13/h5-6,8-9,11H,4,7,10H2,1-3H3,(H,17,18,19). The van der Waals surface area contributed by atoms with Gasteiger partial charge in [-0.2, -0.15) is 0 Å². The second kappa shape index (κ2) is 6.84. The molecule has 0 saturated carbocycles. The first-order chi connectivity index (χ1) is 9.69. The van der Waals surface area contributed by atoms with Crippen molar-refractivity contribution >= 4 is 11.6 Å². The normalized spacial score (nSPS) is 10.3. The Morgan fingerprint density at radius 2 is 1.95 bits per heavy atom. The molecule has 0 spiro atoms. The molecule has 0 amide bonds. The first-order valence-electron chi connectivity index (χ1n) is 6.88. The minimum absolute atomic E-state index is 0.786. The Hall–Kier alpha value is -2.17. The number of anilines is 2. The minimum atomic E-state index is 0.786. The number of hydrogen-bond donors (Lipinski definition) is 1. The first kappa shape index (κ1) is 14.2. The van der Waals surface area contributed by atoms with Crippen LogP contribution < -0.4 is 10.2 Å². The van der Waals surface area contributed by atoms with Crippen molar-refractivity contribution in [3.63, 3.8) is 0 Å². The van der Waals surface area contributed by atoms with Crippen LogP contribution in [0.15, 0.2) is 30.6 Å². The quantitative estimate of drug-likeness (QED) is 0.873. The summed E-state index contributed by atoms with van der Waals surface area (Å²) in [4.78, 5) is 15.0. The maximum atomic E-state index is 4.49. The van der Waals surface area contributed by atoms with E-state index in [4.69, 9.17) is 0 Å².